The highest BCUT2D eigenvalue weighted by Gasteiger charge is 2.30. The first-order valence-electron chi connectivity index (χ1n) is 6.06. The molecule has 1 aliphatic carbocycles. The smallest absolute Gasteiger partial charge is 0.227 e. The van der Waals surface area contributed by atoms with Crippen molar-refractivity contribution in [3.8, 4) is 0 Å². The zero-order valence-corrected chi connectivity index (χ0v) is 10.2. The fourth-order valence-electron chi connectivity index (χ4n) is 1.80. The number of hydrogen-bond donors (Lipinski definition) is 1. The Morgan fingerprint density at radius 3 is 2.59 bits per heavy atom. The van der Waals surface area contributed by atoms with Gasteiger partial charge < -0.3 is 5.32 Å². The van der Waals surface area contributed by atoms with Crippen molar-refractivity contribution in [3.05, 3.63) is 29.3 Å². The van der Waals surface area contributed by atoms with Crippen molar-refractivity contribution in [2.24, 2.45) is 5.92 Å². The minimum Gasteiger partial charge on any atom is -0.325 e. The van der Waals surface area contributed by atoms with E-state index in [1.807, 2.05) is 12.1 Å². The highest BCUT2D eigenvalue weighted by molar-refractivity contribution is 6.04. The second kappa shape index (κ2) is 4.70. The monoisotopic (exact) mass is 231 g/mol. The number of anilines is 1. The summed E-state index contributed by atoms with van der Waals surface area (Å²) >= 11 is 0. The zero-order valence-electron chi connectivity index (χ0n) is 10.2. The van der Waals surface area contributed by atoms with Gasteiger partial charge in [-0.25, -0.2) is 0 Å². The van der Waals surface area contributed by atoms with E-state index in [0.717, 1.165) is 24.8 Å². The summed E-state index contributed by atoms with van der Waals surface area (Å²) in [5.41, 5.74) is 2.38. The fraction of sp³-hybridized carbons (Fsp3) is 0.429. The summed E-state index contributed by atoms with van der Waals surface area (Å²) in [7, 11) is 0. The van der Waals surface area contributed by atoms with Crippen molar-refractivity contribution in [2.75, 3.05) is 5.32 Å². The topological polar surface area (TPSA) is 46.2 Å². The van der Waals surface area contributed by atoms with Gasteiger partial charge in [0.25, 0.3) is 0 Å². The van der Waals surface area contributed by atoms with Crippen molar-refractivity contribution in [1.82, 2.24) is 0 Å². The quantitative estimate of drug-likeness (QED) is 0.810. The van der Waals surface area contributed by atoms with Gasteiger partial charge in [0.15, 0.2) is 5.78 Å². The van der Waals surface area contributed by atoms with Crippen LogP contribution in [0.2, 0.25) is 0 Å². The average molecular weight is 231 g/mol. The first kappa shape index (κ1) is 11.8. The third kappa shape index (κ3) is 2.73. The third-order valence-electron chi connectivity index (χ3n) is 3.08. The van der Waals surface area contributed by atoms with Crippen LogP contribution in [-0.4, -0.2) is 11.7 Å². The van der Waals surface area contributed by atoms with Crippen molar-refractivity contribution in [3.63, 3.8) is 0 Å². The van der Waals surface area contributed by atoms with Crippen LogP contribution >= 0.6 is 0 Å². The molecule has 1 amide bonds. The molecule has 0 radical (unpaired) electrons. The average Bonchev–Trinajstić information content (AvgIpc) is 3.12. The maximum absolute atomic E-state index is 11.7. The summed E-state index contributed by atoms with van der Waals surface area (Å²) in [5, 5.41) is 2.87. The number of nitrogens with one attached hydrogen (secondary N) is 1. The van der Waals surface area contributed by atoms with E-state index in [4.69, 9.17) is 0 Å². The number of Topliss-reactive ketones (excluding diaryl/α,β-unsaturated/α-hetero) is 1. The van der Waals surface area contributed by atoms with Crippen LogP contribution in [0.5, 0.6) is 0 Å². The highest BCUT2D eigenvalue weighted by Crippen LogP contribution is 2.31. The van der Waals surface area contributed by atoms with Crippen LogP contribution in [0.3, 0.4) is 0 Å². The number of rotatable bonds is 4. The lowest BCUT2D eigenvalue weighted by atomic mass is 10.0. The molecule has 1 saturated carbocycles. The van der Waals surface area contributed by atoms with Crippen molar-refractivity contribution in [1.29, 1.82) is 0 Å². The van der Waals surface area contributed by atoms with E-state index in [1.54, 1.807) is 6.07 Å². The predicted octanol–water partition coefficient (Wildman–Crippen LogP) is 2.80. The number of benzene rings is 1. The Hall–Kier alpha value is -1.64. The number of carbonyl (C=O) groups excluding carboxylic acids is 2. The fourth-order valence-corrected chi connectivity index (χ4v) is 1.80. The van der Waals surface area contributed by atoms with Crippen LogP contribution in [0.1, 0.15) is 42.6 Å². The second-order valence-electron chi connectivity index (χ2n) is 4.55. The summed E-state index contributed by atoms with van der Waals surface area (Å²) in [6.07, 6.45) is 2.83. The Morgan fingerprint density at radius 1 is 1.35 bits per heavy atom. The Kier molecular flexibility index (Phi) is 3.27. The lowest BCUT2D eigenvalue weighted by Crippen LogP contribution is -2.15. The maximum Gasteiger partial charge on any atom is 0.227 e. The van der Waals surface area contributed by atoms with Gasteiger partial charge in [-0.2, -0.15) is 0 Å². The van der Waals surface area contributed by atoms with E-state index in [0.29, 0.717) is 11.3 Å². The van der Waals surface area contributed by atoms with E-state index in [9.17, 15) is 9.59 Å². The number of hydrogen-bond acceptors (Lipinski definition) is 2. The van der Waals surface area contributed by atoms with Gasteiger partial charge in [-0.05, 0) is 43.9 Å². The van der Waals surface area contributed by atoms with Gasteiger partial charge in [0, 0.05) is 11.5 Å². The molecule has 2 rings (SSSR count). The van der Waals surface area contributed by atoms with Crippen molar-refractivity contribution in [2.45, 2.75) is 33.1 Å². The molecule has 17 heavy (non-hydrogen) atoms. The lowest BCUT2D eigenvalue weighted by molar-refractivity contribution is -0.117. The zero-order chi connectivity index (χ0) is 12.4. The molecule has 1 N–H and O–H groups in total. The molecule has 3 nitrogen and oxygen atoms in total. The molecule has 1 aliphatic rings. The number of amides is 1. The minimum absolute atomic E-state index is 0.0150. The predicted molar refractivity (Wildman–Crippen MR) is 67.2 cm³/mol. The number of ketones is 1. The first-order valence-corrected chi connectivity index (χ1v) is 6.06. The molecule has 1 aromatic carbocycles. The van der Waals surface area contributed by atoms with Crippen molar-refractivity contribution < 1.29 is 9.59 Å². The molecule has 0 heterocycles. The van der Waals surface area contributed by atoms with Crippen LogP contribution in [0.15, 0.2) is 18.2 Å². The lowest BCUT2D eigenvalue weighted by Gasteiger charge is -2.10. The molecule has 0 aromatic heterocycles. The molecule has 3 heteroatoms. The van der Waals surface area contributed by atoms with E-state index >= 15 is 0 Å². The molecule has 0 bridgehead atoms. The van der Waals surface area contributed by atoms with E-state index in [-0.39, 0.29) is 17.6 Å². The number of aryl methyl sites for hydroxylation is 1. The van der Waals surface area contributed by atoms with Gasteiger partial charge in [0.05, 0.1) is 5.69 Å². The summed E-state index contributed by atoms with van der Waals surface area (Å²) in [5.74, 6) is 0.180. The second-order valence-corrected chi connectivity index (χ2v) is 4.55. The van der Waals surface area contributed by atoms with Crippen LogP contribution in [0.4, 0.5) is 5.69 Å². The summed E-state index contributed by atoms with van der Waals surface area (Å²) in [4.78, 5) is 23.2. The van der Waals surface area contributed by atoms with E-state index < -0.39 is 0 Å². The van der Waals surface area contributed by atoms with Gasteiger partial charge in [0.1, 0.15) is 0 Å². The molecule has 1 fully saturated rings. The highest BCUT2D eigenvalue weighted by atomic mass is 16.2. The van der Waals surface area contributed by atoms with Gasteiger partial charge in [0.2, 0.25) is 5.91 Å². The van der Waals surface area contributed by atoms with Gasteiger partial charge in [-0.1, -0.05) is 13.0 Å². The van der Waals surface area contributed by atoms with Gasteiger partial charge >= 0.3 is 0 Å². The van der Waals surface area contributed by atoms with E-state index in [2.05, 4.69) is 12.2 Å². The Labute approximate surface area is 101 Å². The summed E-state index contributed by atoms with van der Waals surface area (Å²) in [6, 6.07) is 5.63. The standard InChI is InChI=1S/C14H17NO2/c1-3-10-4-7-12(9(2)16)13(8-10)15-14(17)11-5-6-11/h4,7-8,11H,3,5-6H2,1-2H3,(H,15,17). The summed E-state index contributed by atoms with van der Waals surface area (Å²) < 4.78 is 0. The molecular formula is C14H17NO2. The molecule has 0 aliphatic heterocycles. The SMILES string of the molecule is CCc1ccc(C(C)=O)c(NC(=O)C2CC2)c1. The molecule has 0 atom stereocenters. The Balaban J connectivity index is 2.27. The number of carbonyl (C=O) groups is 2. The molecule has 0 spiro atoms. The van der Waals surface area contributed by atoms with Gasteiger partial charge in [-0.3, -0.25) is 9.59 Å². The van der Waals surface area contributed by atoms with Crippen LogP contribution < -0.4 is 5.32 Å². The molecule has 1 aromatic rings. The Morgan fingerprint density at radius 2 is 2.06 bits per heavy atom. The molecule has 0 saturated heterocycles. The Bertz CT molecular complexity index is 461. The molecule has 90 valence electrons. The summed E-state index contributed by atoms with van der Waals surface area (Å²) in [6.45, 7) is 3.57. The minimum atomic E-state index is -0.0150. The normalized spacial score (nSPS) is 14.5. The van der Waals surface area contributed by atoms with Gasteiger partial charge in [-0.15, -0.1) is 0 Å². The van der Waals surface area contributed by atoms with E-state index in [1.165, 1.54) is 6.92 Å². The van der Waals surface area contributed by atoms with Crippen molar-refractivity contribution >= 4 is 17.4 Å². The molecular weight excluding hydrogens is 214 g/mol. The first-order chi connectivity index (χ1) is 8.11. The maximum atomic E-state index is 11.7. The van der Waals surface area contributed by atoms with Crippen LogP contribution in [-0.2, 0) is 11.2 Å². The van der Waals surface area contributed by atoms with Crippen LogP contribution in [0.25, 0.3) is 0 Å². The third-order valence-corrected chi connectivity index (χ3v) is 3.08. The molecule has 0 unspecified atom stereocenters. The largest absolute Gasteiger partial charge is 0.325 e. The van der Waals surface area contributed by atoms with Crippen LogP contribution in [0, 0.1) is 5.92 Å².